The van der Waals surface area contributed by atoms with E-state index in [-0.39, 0.29) is 0 Å². The van der Waals surface area contributed by atoms with Crippen molar-refractivity contribution in [1.82, 2.24) is 9.97 Å². The van der Waals surface area contributed by atoms with Gasteiger partial charge in [-0.25, -0.2) is 9.97 Å². The molecule has 1 heterocycles. The van der Waals surface area contributed by atoms with Crippen LogP contribution in [-0.2, 0) is 0 Å². The van der Waals surface area contributed by atoms with E-state index in [1.165, 1.54) is 43.9 Å². The van der Waals surface area contributed by atoms with E-state index in [2.05, 4.69) is 22.2 Å². The zero-order chi connectivity index (χ0) is 13.7. The monoisotopic (exact) mass is 299 g/mol. The first-order valence-electron chi connectivity index (χ1n) is 7.00. The molecule has 1 aromatic rings. The molecule has 1 saturated carbocycles. The van der Waals surface area contributed by atoms with E-state index < -0.39 is 0 Å². The average Bonchev–Trinajstić information content (AvgIpc) is 2.38. The Kier molecular flexibility index (Phi) is 5.76. The minimum atomic E-state index is 0.508. The van der Waals surface area contributed by atoms with Gasteiger partial charge in [0.1, 0.15) is 11.0 Å². The molecule has 2 rings (SSSR count). The molecule has 0 aliphatic heterocycles. The summed E-state index contributed by atoms with van der Waals surface area (Å²) in [6.45, 7) is 3.34. The van der Waals surface area contributed by atoms with Gasteiger partial charge in [0.25, 0.3) is 0 Å². The summed E-state index contributed by atoms with van der Waals surface area (Å²) < 4.78 is 0. The summed E-state index contributed by atoms with van der Waals surface area (Å²) in [5.41, 5.74) is 0. The van der Waals surface area contributed by atoms with Crippen molar-refractivity contribution < 1.29 is 0 Å². The van der Waals surface area contributed by atoms with E-state index in [0.29, 0.717) is 5.15 Å². The predicted molar refractivity (Wildman–Crippen MR) is 83.1 cm³/mol. The Balaban J connectivity index is 1.80. The van der Waals surface area contributed by atoms with Crippen LogP contribution in [0.3, 0.4) is 0 Å². The van der Waals surface area contributed by atoms with Crippen LogP contribution in [-0.4, -0.2) is 22.8 Å². The van der Waals surface area contributed by atoms with Gasteiger partial charge in [0.15, 0.2) is 5.16 Å². The molecule has 5 heteroatoms. The SMILES string of the molecule is CSc1nc(Cl)cc(NCCC2CCCC(C)C2)n1. The average molecular weight is 300 g/mol. The molecule has 2 unspecified atom stereocenters. The second kappa shape index (κ2) is 7.34. The summed E-state index contributed by atoms with van der Waals surface area (Å²) in [6.07, 6.45) is 8.73. The van der Waals surface area contributed by atoms with Crippen LogP contribution in [0, 0.1) is 11.8 Å². The minimum absolute atomic E-state index is 0.508. The predicted octanol–water partition coefficient (Wildman–Crippen LogP) is 4.48. The summed E-state index contributed by atoms with van der Waals surface area (Å²) in [7, 11) is 0. The third-order valence-electron chi connectivity index (χ3n) is 3.76. The van der Waals surface area contributed by atoms with Gasteiger partial charge in [-0.15, -0.1) is 0 Å². The molecule has 19 heavy (non-hydrogen) atoms. The zero-order valence-corrected chi connectivity index (χ0v) is 13.2. The van der Waals surface area contributed by atoms with Crippen LogP contribution in [0.15, 0.2) is 11.2 Å². The Hall–Kier alpha value is -0.480. The zero-order valence-electron chi connectivity index (χ0n) is 11.7. The lowest BCUT2D eigenvalue weighted by atomic mass is 9.81. The Morgan fingerprint density at radius 1 is 1.42 bits per heavy atom. The first-order chi connectivity index (χ1) is 9.17. The van der Waals surface area contributed by atoms with Crippen molar-refractivity contribution in [3.63, 3.8) is 0 Å². The number of halogens is 1. The Bertz CT molecular complexity index is 414. The van der Waals surface area contributed by atoms with E-state index in [4.69, 9.17) is 11.6 Å². The maximum atomic E-state index is 5.97. The molecule has 1 aromatic heterocycles. The van der Waals surface area contributed by atoms with Gasteiger partial charge in [0.2, 0.25) is 0 Å². The van der Waals surface area contributed by atoms with Crippen LogP contribution >= 0.6 is 23.4 Å². The summed E-state index contributed by atoms with van der Waals surface area (Å²) in [5.74, 6) is 2.61. The fourth-order valence-corrected chi connectivity index (χ4v) is 3.42. The van der Waals surface area contributed by atoms with Gasteiger partial charge >= 0.3 is 0 Å². The van der Waals surface area contributed by atoms with Crippen LogP contribution < -0.4 is 5.32 Å². The van der Waals surface area contributed by atoms with Crippen molar-refractivity contribution in [3.05, 3.63) is 11.2 Å². The number of nitrogens with zero attached hydrogens (tertiary/aromatic N) is 2. The molecular weight excluding hydrogens is 278 g/mol. The number of rotatable bonds is 5. The highest BCUT2D eigenvalue weighted by molar-refractivity contribution is 7.98. The molecule has 0 spiro atoms. The molecule has 0 saturated heterocycles. The number of thioether (sulfide) groups is 1. The van der Waals surface area contributed by atoms with Gasteiger partial charge in [-0.2, -0.15) is 0 Å². The van der Waals surface area contributed by atoms with Crippen LogP contribution in [0.25, 0.3) is 0 Å². The van der Waals surface area contributed by atoms with Crippen molar-refractivity contribution >= 4 is 29.2 Å². The maximum absolute atomic E-state index is 5.97. The number of hydrogen-bond acceptors (Lipinski definition) is 4. The number of hydrogen-bond donors (Lipinski definition) is 1. The van der Waals surface area contributed by atoms with Gasteiger partial charge in [-0.1, -0.05) is 49.5 Å². The van der Waals surface area contributed by atoms with Crippen molar-refractivity contribution in [1.29, 1.82) is 0 Å². The van der Waals surface area contributed by atoms with E-state index >= 15 is 0 Å². The molecule has 3 nitrogen and oxygen atoms in total. The van der Waals surface area contributed by atoms with Gasteiger partial charge in [-0.05, 0) is 30.9 Å². The summed E-state index contributed by atoms with van der Waals surface area (Å²) in [6, 6.07) is 1.80. The molecular formula is C14H22ClN3S. The maximum Gasteiger partial charge on any atom is 0.190 e. The minimum Gasteiger partial charge on any atom is -0.370 e. The van der Waals surface area contributed by atoms with Crippen molar-refractivity contribution in [2.75, 3.05) is 18.1 Å². The third-order valence-corrected chi connectivity index (χ3v) is 4.50. The fraction of sp³-hybridized carbons (Fsp3) is 0.714. The van der Waals surface area contributed by atoms with Crippen molar-refractivity contribution in [2.24, 2.45) is 11.8 Å². The Morgan fingerprint density at radius 2 is 2.26 bits per heavy atom. The number of anilines is 1. The summed E-state index contributed by atoms with van der Waals surface area (Å²) in [4.78, 5) is 8.54. The quantitative estimate of drug-likeness (QED) is 0.494. The Labute approximate surface area is 124 Å². The van der Waals surface area contributed by atoms with Crippen molar-refractivity contribution in [2.45, 2.75) is 44.2 Å². The fourth-order valence-electron chi connectivity index (χ4n) is 2.80. The number of nitrogens with one attached hydrogen (secondary N) is 1. The molecule has 1 aliphatic carbocycles. The lowest BCUT2D eigenvalue weighted by Crippen LogP contribution is -2.17. The van der Waals surface area contributed by atoms with Crippen molar-refractivity contribution in [3.8, 4) is 0 Å². The number of aromatic nitrogens is 2. The molecule has 0 amide bonds. The summed E-state index contributed by atoms with van der Waals surface area (Å²) >= 11 is 7.48. The van der Waals surface area contributed by atoms with Crippen LogP contribution in [0.5, 0.6) is 0 Å². The topological polar surface area (TPSA) is 37.8 Å². The van der Waals surface area contributed by atoms with Crippen LogP contribution in [0.1, 0.15) is 39.0 Å². The van der Waals surface area contributed by atoms with E-state index in [1.54, 1.807) is 6.07 Å². The third kappa shape index (κ3) is 4.84. The first-order valence-corrected chi connectivity index (χ1v) is 8.60. The summed E-state index contributed by atoms with van der Waals surface area (Å²) in [5, 5.41) is 4.60. The molecule has 0 aromatic carbocycles. The first kappa shape index (κ1) is 14.9. The lowest BCUT2D eigenvalue weighted by molar-refractivity contribution is 0.274. The van der Waals surface area contributed by atoms with Gasteiger partial charge < -0.3 is 5.32 Å². The van der Waals surface area contributed by atoms with Gasteiger partial charge in [0, 0.05) is 12.6 Å². The molecule has 0 bridgehead atoms. The standard InChI is InChI=1S/C14H22ClN3S/c1-10-4-3-5-11(8-10)6-7-16-13-9-12(15)17-14(18-13)19-2/h9-11H,3-8H2,1-2H3,(H,16,17,18). The molecule has 1 aliphatic rings. The highest BCUT2D eigenvalue weighted by Gasteiger charge is 2.18. The molecule has 2 atom stereocenters. The molecule has 1 N–H and O–H groups in total. The largest absolute Gasteiger partial charge is 0.370 e. The highest BCUT2D eigenvalue weighted by atomic mass is 35.5. The molecule has 1 fully saturated rings. The Morgan fingerprint density at radius 3 is 3.00 bits per heavy atom. The van der Waals surface area contributed by atoms with Gasteiger partial charge in [-0.3, -0.25) is 0 Å². The molecule has 0 radical (unpaired) electrons. The van der Waals surface area contributed by atoms with E-state index in [1.807, 2.05) is 6.26 Å². The van der Waals surface area contributed by atoms with E-state index in [0.717, 1.165) is 29.4 Å². The molecule has 106 valence electrons. The lowest BCUT2D eigenvalue weighted by Gasteiger charge is -2.26. The van der Waals surface area contributed by atoms with Crippen LogP contribution in [0.2, 0.25) is 5.15 Å². The second-order valence-corrected chi connectivity index (χ2v) is 6.58. The van der Waals surface area contributed by atoms with Gasteiger partial charge in [0.05, 0.1) is 0 Å². The van der Waals surface area contributed by atoms with E-state index in [9.17, 15) is 0 Å². The second-order valence-electron chi connectivity index (χ2n) is 5.42. The smallest absolute Gasteiger partial charge is 0.190 e. The van der Waals surface area contributed by atoms with Crippen LogP contribution in [0.4, 0.5) is 5.82 Å². The normalized spacial score (nSPS) is 23.3. The highest BCUT2D eigenvalue weighted by Crippen LogP contribution is 2.30.